The first kappa shape index (κ1) is 13.5. The van der Waals surface area contributed by atoms with Gasteiger partial charge in [0.15, 0.2) is 0 Å². The van der Waals surface area contributed by atoms with Crippen LogP contribution in [0, 0.1) is 11.8 Å². The molecule has 1 aromatic carbocycles. The number of rotatable bonds is 5. The predicted molar refractivity (Wildman–Crippen MR) is 68.3 cm³/mol. The molecule has 0 saturated carbocycles. The highest BCUT2D eigenvalue weighted by molar-refractivity contribution is 8.00. The maximum absolute atomic E-state index is 10.7. The summed E-state index contributed by atoms with van der Waals surface area (Å²) in [6, 6.07) is 7.32. The predicted octanol–water partition coefficient (Wildman–Crippen LogP) is 2.65. The molecule has 0 bridgehead atoms. The normalized spacial score (nSPS) is 11.2. The van der Waals surface area contributed by atoms with Crippen molar-refractivity contribution >= 4 is 17.7 Å². The van der Waals surface area contributed by atoms with E-state index in [1.807, 2.05) is 24.3 Å². The van der Waals surface area contributed by atoms with Gasteiger partial charge in [-0.15, -0.1) is 17.7 Å². The topological polar surface area (TPSA) is 46.5 Å². The summed E-state index contributed by atoms with van der Waals surface area (Å²) in [6.07, 6.45) is 0. The summed E-state index contributed by atoms with van der Waals surface area (Å²) in [5, 5.41) is 8.33. The smallest absolute Gasteiger partial charge is 0.316 e. The molecule has 90 valence electrons. The fourth-order valence-electron chi connectivity index (χ4n) is 1.06. The lowest BCUT2D eigenvalue weighted by Gasteiger charge is -2.07. The van der Waals surface area contributed by atoms with E-state index >= 15 is 0 Å². The molecule has 0 aliphatic carbocycles. The van der Waals surface area contributed by atoms with E-state index in [2.05, 4.69) is 11.8 Å². The van der Waals surface area contributed by atoms with Crippen LogP contribution in [0.5, 0.6) is 5.75 Å². The number of carbonyl (C=O) groups is 1. The molecule has 1 N–H and O–H groups in total. The van der Waals surface area contributed by atoms with Crippen molar-refractivity contribution in [1.82, 2.24) is 0 Å². The van der Waals surface area contributed by atoms with Crippen molar-refractivity contribution in [3.63, 3.8) is 0 Å². The molecule has 0 spiro atoms. The maximum Gasteiger partial charge on any atom is 0.316 e. The van der Waals surface area contributed by atoms with Crippen molar-refractivity contribution in [3.05, 3.63) is 24.3 Å². The minimum Gasteiger partial charge on any atom is -0.481 e. The van der Waals surface area contributed by atoms with Gasteiger partial charge in [-0.25, -0.2) is 0 Å². The average Bonchev–Trinajstić information content (AvgIpc) is 2.31. The molecule has 1 atom stereocenters. The monoisotopic (exact) mass is 250 g/mol. The highest BCUT2D eigenvalue weighted by atomic mass is 32.2. The molecule has 1 aromatic rings. The number of thioether (sulfide) groups is 1. The highest BCUT2D eigenvalue weighted by Gasteiger charge is 2.11. The van der Waals surface area contributed by atoms with Crippen molar-refractivity contribution in [2.24, 2.45) is 0 Å². The van der Waals surface area contributed by atoms with E-state index in [1.54, 1.807) is 13.8 Å². The number of carboxylic acids is 1. The average molecular weight is 250 g/mol. The van der Waals surface area contributed by atoms with Crippen LogP contribution in [0.4, 0.5) is 0 Å². The van der Waals surface area contributed by atoms with Crippen LogP contribution in [0.25, 0.3) is 0 Å². The maximum atomic E-state index is 10.7. The van der Waals surface area contributed by atoms with Crippen LogP contribution in [0.3, 0.4) is 0 Å². The summed E-state index contributed by atoms with van der Waals surface area (Å²) in [5.41, 5.74) is 0. The zero-order chi connectivity index (χ0) is 12.7. The standard InChI is InChI=1S/C13H14O3S/c1-3-4-9-16-11-5-7-12(8-6-11)17-10(2)13(14)15/h5-8,10H,9H2,1-2H3,(H,14,15). The summed E-state index contributed by atoms with van der Waals surface area (Å²) in [4.78, 5) is 11.6. The first-order valence-corrected chi connectivity index (χ1v) is 6.03. The minimum atomic E-state index is -0.812. The minimum absolute atomic E-state index is 0.370. The van der Waals surface area contributed by atoms with Gasteiger partial charge in [0.25, 0.3) is 0 Å². The molecular formula is C13H14O3S. The Labute approximate surface area is 105 Å². The Kier molecular flexibility index (Phi) is 5.44. The van der Waals surface area contributed by atoms with Gasteiger partial charge in [-0.1, -0.05) is 5.92 Å². The quantitative estimate of drug-likeness (QED) is 0.644. The third-order valence-corrected chi connectivity index (χ3v) is 3.07. The fraction of sp³-hybridized carbons (Fsp3) is 0.308. The largest absolute Gasteiger partial charge is 0.481 e. The van der Waals surface area contributed by atoms with Gasteiger partial charge < -0.3 is 9.84 Å². The summed E-state index contributed by atoms with van der Waals surface area (Å²) < 4.78 is 5.35. The Morgan fingerprint density at radius 3 is 2.65 bits per heavy atom. The summed E-state index contributed by atoms with van der Waals surface area (Å²) >= 11 is 1.31. The number of benzene rings is 1. The zero-order valence-electron chi connectivity index (χ0n) is 9.77. The van der Waals surface area contributed by atoms with E-state index in [4.69, 9.17) is 9.84 Å². The number of ether oxygens (including phenoxy) is 1. The van der Waals surface area contributed by atoms with Gasteiger partial charge in [0.1, 0.15) is 17.6 Å². The number of carboxylic acid groups (broad SMARTS) is 1. The molecule has 0 amide bonds. The van der Waals surface area contributed by atoms with Crippen LogP contribution in [0.1, 0.15) is 13.8 Å². The van der Waals surface area contributed by atoms with Crippen LogP contribution in [-0.2, 0) is 4.79 Å². The lowest BCUT2D eigenvalue weighted by molar-refractivity contribution is -0.136. The molecular weight excluding hydrogens is 236 g/mol. The van der Waals surface area contributed by atoms with Crippen molar-refractivity contribution in [2.75, 3.05) is 6.61 Å². The molecule has 4 heteroatoms. The third-order valence-electron chi connectivity index (χ3n) is 1.97. The van der Waals surface area contributed by atoms with Crippen molar-refractivity contribution in [2.45, 2.75) is 24.0 Å². The Morgan fingerprint density at radius 1 is 1.47 bits per heavy atom. The molecule has 0 aliphatic heterocycles. The first-order chi connectivity index (χ1) is 8.13. The Balaban J connectivity index is 2.54. The second kappa shape index (κ2) is 6.87. The van der Waals surface area contributed by atoms with Crippen LogP contribution in [-0.4, -0.2) is 22.9 Å². The molecule has 1 unspecified atom stereocenters. The number of hydrogen-bond donors (Lipinski definition) is 1. The second-order valence-electron chi connectivity index (χ2n) is 3.29. The lowest BCUT2D eigenvalue weighted by atomic mass is 10.3. The Morgan fingerprint density at radius 2 is 2.12 bits per heavy atom. The van der Waals surface area contributed by atoms with Gasteiger partial charge >= 0.3 is 5.97 Å². The van der Waals surface area contributed by atoms with E-state index in [9.17, 15) is 4.79 Å². The Bertz CT molecular complexity index is 428. The first-order valence-electron chi connectivity index (χ1n) is 5.15. The van der Waals surface area contributed by atoms with Gasteiger partial charge in [0.2, 0.25) is 0 Å². The van der Waals surface area contributed by atoms with Gasteiger partial charge in [0.05, 0.1) is 0 Å². The Hall–Kier alpha value is -1.60. The lowest BCUT2D eigenvalue weighted by Crippen LogP contribution is -2.10. The van der Waals surface area contributed by atoms with Crippen molar-refractivity contribution in [3.8, 4) is 17.6 Å². The van der Waals surface area contributed by atoms with Gasteiger partial charge in [-0.3, -0.25) is 4.79 Å². The number of hydrogen-bond acceptors (Lipinski definition) is 3. The van der Waals surface area contributed by atoms with E-state index in [0.717, 1.165) is 10.6 Å². The van der Waals surface area contributed by atoms with Crippen molar-refractivity contribution in [1.29, 1.82) is 0 Å². The second-order valence-corrected chi connectivity index (χ2v) is 4.70. The van der Waals surface area contributed by atoms with Crippen LogP contribution in [0.2, 0.25) is 0 Å². The van der Waals surface area contributed by atoms with E-state index in [0.29, 0.717) is 6.61 Å². The van der Waals surface area contributed by atoms with Gasteiger partial charge in [0, 0.05) is 4.90 Å². The third kappa shape index (κ3) is 4.83. The van der Waals surface area contributed by atoms with Crippen LogP contribution < -0.4 is 4.74 Å². The molecule has 0 heterocycles. The van der Waals surface area contributed by atoms with E-state index < -0.39 is 11.2 Å². The summed E-state index contributed by atoms with van der Waals surface area (Å²) in [7, 11) is 0. The molecule has 17 heavy (non-hydrogen) atoms. The zero-order valence-corrected chi connectivity index (χ0v) is 10.6. The SMILES string of the molecule is CC#CCOc1ccc(SC(C)C(=O)O)cc1. The highest BCUT2D eigenvalue weighted by Crippen LogP contribution is 2.25. The molecule has 0 saturated heterocycles. The van der Waals surface area contributed by atoms with E-state index in [-0.39, 0.29) is 0 Å². The molecule has 3 nitrogen and oxygen atoms in total. The molecule has 0 aliphatic rings. The molecule has 0 radical (unpaired) electrons. The fourth-order valence-corrected chi connectivity index (χ4v) is 1.86. The molecule has 0 aromatic heterocycles. The van der Waals surface area contributed by atoms with Gasteiger partial charge in [-0.2, -0.15) is 0 Å². The van der Waals surface area contributed by atoms with Gasteiger partial charge in [-0.05, 0) is 38.1 Å². The van der Waals surface area contributed by atoms with Crippen LogP contribution in [0.15, 0.2) is 29.2 Å². The molecule has 1 rings (SSSR count). The molecule has 0 fully saturated rings. The number of aliphatic carboxylic acids is 1. The van der Waals surface area contributed by atoms with Crippen molar-refractivity contribution < 1.29 is 14.6 Å². The summed E-state index contributed by atoms with van der Waals surface area (Å²) in [6.45, 7) is 3.79. The summed E-state index contributed by atoms with van der Waals surface area (Å²) in [5.74, 6) is 5.47. The van der Waals surface area contributed by atoms with Crippen LogP contribution >= 0.6 is 11.8 Å². The van der Waals surface area contributed by atoms with E-state index in [1.165, 1.54) is 11.8 Å².